The summed E-state index contributed by atoms with van der Waals surface area (Å²) in [5.74, 6) is 0.563. The van der Waals surface area contributed by atoms with Crippen LogP contribution >= 0.6 is 11.8 Å². The van der Waals surface area contributed by atoms with Gasteiger partial charge in [0.15, 0.2) is 0 Å². The van der Waals surface area contributed by atoms with Crippen molar-refractivity contribution in [1.29, 1.82) is 0 Å². The minimum absolute atomic E-state index is 0.0407. The second kappa shape index (κ2) is 7.92. The predicted molar refractivity (Wildman–Crippen MR) is 87.2 cm³/mol. The lowest BCUT2D eigenvalue weighted by molar-refractivity contribution is -0.131. The standard InChI is InChI=1S/C16H18N4O2S/c21-15(12-23-14-4-8-17-9-5-14)20-10-1-3-13(11-20)22-16-18-6-2-7-19-16/h2,4-9,13H,1,3,10-12H2. The highest BCUT2D eigenvalue weighted by Gasteiger charge is 2.25. The average Bonchev–Trinajstić information content (AvgIpc) is 2.62. The molecule has 2 aromatic rings. The number of hydrogen-bond donors (Lipinski definition) is 0. The van der Waals surface area contributed by atoms with Gasteiger partial charge in [0, 0.05) is 36.2 Å². The number of carbonyl (C=O) groups excluding carboxylic acids is 1. The van der Waals surface area contributed by atoms with Gasteiger partial charge in [-0.15, -0.1) is 11.8 Å². The van der Waals surface area contributed by atoms with Gasteiger partial charge in [-0.25, -0.2) is 9.97 Å². The van der Waals surface area contributed by atoms with E-state index in [0.717, 1.165) is 24.3 Å². The second-order valence-electron chi connectivity index (χ2n) is 5.22. The summed E-state index contributed by atoms with van der Waals surface area (Å²) in [7, 11) is 0. The Hall–Kier alpha value is -2.15. The molecule has 1 aliphatic heterocycles. The maximum Gasteiger partial charge on any atom is 0.316 e. The molecule has 1 saturated heterocycles. The quantitative estimate of drug-likeness (QED) is 0.782. The van der Waals surface area contributed by atoms with Gasteiger partial charge in [-0.05, 0) is 31.0 Å². The first kappa shape index (κ1) is 15.7. The highest BCUT2D eigenvalue weighted by atomic mass is 32.2. The summed E-state index contributed by atoms with van der Waals surface area (Å²) >= 11 is 1.53. The van der Waals surface area contributed by atoms with E-state index >= 15 is 0 Å². The van der Waals surface area contributed by atoms with Crippen LogP contribution in [0.25, 0.3) is 0 Å². The minimum atomic E-state index is -0.0407. The summed E-state index contributed by atoms with van der Waals surface area (Å²) in [6.45, 7) is 1.37. The molecule has 0 aromatic carbocycles. The van der Waals surface area contributed by atoms with Crippen molar-refractivity contribution in [2.75, 3.05) is 18.8 Å². The Morgan fingerprint density at radius 1 is 1.26 bits per heavy atom. The van der Waals surface area contributed by atoms with Gasteiger partial charge in [0.2, 0.25) is 5.91 Å². The number of thioether (sulfide) groups is 1. The fraction of sp³-hybridized carbons (Fsp3) is 0.375. The van der Waals surface area contributed by atoms with Gasteiger partial charge in [-0.1, -0.05) is 0 Å². The SMILES string of the molecule is O=C(CSc1ccncc1)N1CCCC(Oc2ncccn2)C1. The van der Waals surface area contributed by atoms with Gasteiger partial charge < -0.3 is 9.64 Å². The molecule has 2 aromatic heterocycles. The maximum absolute atomic E-state index is 12.4. The summed E-state index contributed by atoms with van der Waals surface area (Å²) in [5.41, 5.74) is 0. The molecule has 1 amide bonds. The van der Waals surface area contributed by atoms with Crippen molar-refractivity contribution in [2.24, 2.45) is 0 Å². The Balaban J connectivity index is 1.50. The van der Waals surface area contributed by atoms with Crippen molar-refractivity contribution in [2.45, 2.75) is 23.8 Å². The van der Waals surface area contributed by atoms with E-state index < -0.39 is 0 Å². The third kappa shape index (κ3) is 4.66. The predicted octanol–water partition coefficient (Wildman–Crippen LogP) is 2.03. The molecule has 0 bridgehead atoms. The molecule has 1 fully saturated rings. The lowest BCUT2D eigenvalue weighted by atomic mass is 10.1. The fourth-order valence-corrected chi connectivity index (χ4v) is 3.21. The van der Waals surface area contributed by atoms with E-state index in [-0.39, 0.29) is 12.0 Å². The van der Waals surface area contributed by atoms with Crippen molar-refractivity contribution in [3.05, 3.63) is 43.0 Å². The number of carbonyl (C=O) groups is 1. The van der Waals surface area contributed by atoms with E-state index in [1.165, 1.54) is 11.8 Å². The molecule has 120 valence electrons. The van der Waals surface area contributed by atoms with E-state index in [1.807, 2.05) is 17.0 Å². The molecule has 0 aliphatic carbocycles. The minimum Gasteiger partial charge on any atom is -0.458 e. The van der Waals surface area contributed by atoms with Crippen molar-refractivity contribution in [3.8, 4) is 6.01 Å². The van der Waals surface area contributed by atoms with Crippen LogP contribution in [0.1, 0.15) is 12.8 Å². The molecule has 1 atom stereocenters. The number of aromatic nitrogens is 3. The zero-order valence-electron chi connectivity index (χ0n) is 12.7. The van der Waals surface area contributed by atoms with E-state index in [2.05, 4.69) is 15.0 Å². The topological polar surface area (TPSA) is 68.2 Å². The lowest BCUT2D eigenvalue weighted by Gasteiger charge is -2.32. The van der Waals surface area contributed by atoms with Crippen molar-refractivity contribution in [1.82, 2.24) is 19.9 Å². The normalized spacial score (nSPS) is 17.7. The van der Waals surface area contributed by atoms with Gasteiger partial charge in [-0.2, -0.15) is 0 Å². The third-order valence-electron chi connectivity index (χ3n) is 3.56. The second-order valence-corrected chi connectivity index (χ2v) is 6.27. The number of hydrogen-bond acceptors (Lipinski definition) is 6. The van der Waals surface area contributed by atoms with Crippen LogP contribution in [-0.4, -0.2) is 50.7 Å². The molecule has 0 spiro atoms. The molecule has 23 heavy (non-hydrogen) atoms. The number of amides is 1. The van der Waals surface area contributed by atoms with E-state index in [1.54, 1.807) is 30.9 Å². The highest BCUT2D eigenvalue weighted by molar-refractivity contribution is 8.00. The molecule has 3 heterocycles. The van der Waals surface area contributed by atoms with Crippen LogP contribution in [0, 0.1) is 0 Å². The largest absolute Gasteiger partial charge is 0.458 e. The van der Waals surface area contributed by atoms with E-state index in [9.17, 15) is 4.79 Å². The summed E-state index contributed by atoms with van der Waals surface area (Å²) in [5, 5.41) is 0. The summed E-state index contributed by atoms with van der Waals surface area (Å²) in [4.78, 5) is 27.4. The maximum atomic E-state index is 12.4. The Labute approximate surface area is 139 Å². The fourth-order valence-electron chi connectivity index (χ4n) is 2.43. The zero-order valence-corrected chi connectivity index (χ0v) is 13.5. The molecule has 0 N–H and O–H groups in total. The van der Waals surface area contributed by atoms with Gasteiger partial charge >= 0.3 is 6.01 Å². The van der Waals surface area contributed by atoms with Crippen molar-refractivity contribution < 1.29 is 9.53 Å². The van der Waals surface area contributed by atoms with Gasteiger partial charge in [-0.3, -0.25) is 9.78 Å². The summed E-state index contributed by atoms with van der Waals surface area (Å²) in [6, 6.07) is 5.94. The number of pyridine rings is 1. The third-order valence-corrected chi connectivity index (χ3v) is 4.55. The van der Waals surface area contributed by atoms with Crippen molar-refractivity contribution >= 4 is 17.7 Å². The summed E-state index contributed by atoms with van der Waals surface area (Å²) < 4.78 is 5.77. The molecule has 7 heteroatoms. The first-order chi connectivity index (χ1) is 11.3. The van der Waals surface area contributed by atoms with Crippen LogP contribution in [0.4, 0.5) is 0 Å². The van der Waals surface area contributed by atoms with Crippen LogP contribution in [-0.2, 0) is 4.79 Å². The van der Waals surface area contributed by atoms with Crippen molar-refractivity contribution in [3.63, 3.8) is 0 Å². The molecule has 6 nitrogen and oxygen atoms in total. The molecular formula is C16H18N4O2S. The van der Waals surface area contributed by atoms with Gasteiger partial charge in [0.05, 0.1) is 12.3 Å². The van der Waals surface area contributed by atoms with E-state index in [0.29, 0.717) is 18.3 Å². The molecule has 1 aliphatic rings. The molecule has 1 unspecified atom stereocenters. The molecular weight excluding hydrogens is 312 g/mol. The van der Waals surface area contributed by atoms with Gasteiger partial charge in [0.25, 0.3) is 0 Å². The smallest absolute Gasteiger partial charge is 0.316 e. The van der Waals surface area contributed by atoms with Crippen LogP contribution in [0.2, 0.25) is 0 Å². The number of likely N-dealkylation sites (tertiary alicyclic amines) is 1. The monoisotopic (exact) mass is 330 g/mol. The van der Waals surface area contributed by atoms with Crippen LogP contribution in [0.5, 0.6) is 6.01 Å². The Kier molecular flexibility index (Phi) is 5.42. The molecule has 0 radical (unpaired) electrons. The molecule has 3 rings (SSSR count). The number of rotatable bonds is 5. The average molecular weight is 330 g/mol. The Morgan fingerprint density at radius 3 is 2.83 bits per heavy atom. The number of ether oxygens (including phenoxy) is 1. The van der Waals surface area contributed by atoms with Crippen LogP contribution in [0.3, 0.4) is 0 Å². The van der Waals surface area contributed by atoms with Gasteiger partial charge in [0.1, 0.15) is 6.10 Å². The number of nitrogens with zero attached hydrogens (tertiary/aromatic N) is 4. The number of piperidine rings is 1. The Morgan fingerprint density at radius 2 is 2.04 bits per heavy atom. The van der Waals surface area contributed by atoms with E-state index in [4.69, 9.17) is 4.74 Å². The van der Waals surface area contributed by atoms with Crippen LogP contribution < -0.4 is 4.74 Å². The Bertz CT molecular complexity index is 626. The first-order valence-electron chi connectivity index (χ1n) is 7.55. The molecule has 0 saturated carbocycles. The lowest BCUT2D eigenvalue weighted by Crippen LogP contribution is -2.45. The first-order valence-corrected chi connectivity index (χ1v) is 8.54. The van der Waals surface area contributed by atoms with Crippen LogP contribution in [0.15, 0.2) is 47.9 Å². The summed E-state index contributed by atoms with van der Waals surface area (Å²) in [6.07, 6.45) is 8.58. The zero-order chi connectivity index (χ0) is 15.9. The highest BCUT2D eigenvalue weighted by Crippen LogP contribution is 2.19.